The number of rotatable bonds is 10. The van der Waals surface area contributed by atoms with Gasteiger partial charge in [0.1, 0.15) is 0 Å². The van der Waals surface area contributed by atoms with Gasteiger partial charge in [0.25, 0.3) is 0 Å². The summed E-state index contributed by atoms with van der Waals surface area (Å²) >= 11 is 0. The van der Waals surface area contributed by atoms with Crippen molar-refractivity contribution in [1.29, 1.82) is 0 Å². The van der Waals surface area contributed by atoms with Gasteiger partial charge >= 0.3 is 43.4 Å². The van der Waals surface area contributed by atoms with Crippen molar-refractivity contribution in [3.63, 3.8) is 0 Å². The molecule has 66 heavy (non-hydrogen) atoms. The molecular formula is C60H66Cl2P2Ti2-2. The number of hydrogen-bond acceptors (Lipinski definition) is 0. The van der Waals surface area contributed by atoms with Gasteiger partial charge in [-0.1, -0.05) is 154 Å². The van der Waals surface area contributed by atoms with Crippen LogP contribution in [0, 0.1) is 35.8 Å². The minimum Gasteiger partial charge on any atom is -1.00 e. The van der Waals surface area contributed by atoms with Gasteiger partial charge in [-0.3, -0.25) is 0 Å². The molecule has 0 unspecified atom stereocenters. The number of benzene rings is 6. The van der Waals surface area contributed by atoms with Gasteiger partial charge in [0.05, 0.1) is 0 Å². The fraction of sp³-hybridized carbons (Fsp3) is 0.300. The van der Waals surface area contributed by atoms with Gasteiger partial charge < -0.3 is 24.8 Å². The maximum Gasteiger partial charge on any atom is 2.00 e. The summed E-state index contributed by atoms with van der Waals surface area (Å²) in [5.74, 6) is 3.20. The third-order valence-corrected chi connectivity index (χ3v) is 18.2. The van der Waals surface area contributed by atoms with E-state index in [1.807, 2.05) is 12.1 Å². The van der Waals surface area contributed by atoms with E-state index < -0.39 is 0 Å². The Labute approximate surface area is 443 Å². The van der Waals surface area contributed by atoms with E-state index in [1.165, 1.54) is 90.7 Å². The molecule has 8 aromatic rings. The Balaban J connectivity index is 0.000000231. The molecule has 0 aromatic heterocycles. The maximum absolute atomic E-state index is 3.30. The zero-order valence-corrected chi connectivity index (χ0v) is 46.6. The Morgan fingerprint density at radius 3 is 1.09 bits per heavy atom. The van der Waals surface area contributed by atoms with Crippen LogP contribution in [0.15, 0.2) is 158 Å². The van der Waals surface area contributed by atoms with Crippen LogP contribution in [0.1, 0.15) is 77.6 Å². The van der Waals surface area contributed by atoms with Crippen LogP contribution in [0.2, 0.25) is 0 Å². The summed E-state index contributed by atoms with van der Waals surface area (Å²) in [6.45, 7) is 18.8. The number of hydrogen-bond donors (Lipinski definition) is 0. The first-order chi connectivity index (χ1) is 30.0. The summed E-state index contributed by atoms with van der Waals surface area (Å²) in [6, 6.07) is 63.4. The second-order valence-electron chi connectivity index (χ2n) is 18.9. The van der Waals surface area contributed by atoms with E-state index in [0.29, 0.717) is 0 Å². The summed E-state index contributed by atoms with van der Waals surface area (Å²) in [5.41, 5.74) is 11.0. The van der Waals surface area contributed by atoms with Gasteiger partial charge in [0.2, 0.25) is 0 Å². The van der Waals surface area contributed by atoms with Crippen molar-refractivity contribution in [2.45, 2.75) is 68.2 Å². The molecule has 0 amide bonds. The average molecular weight is 1020 g/mol. The Morgan fingerprint density at radius 2 is 0.742 bits per heavy atom. The van der Waals surface area contributed by atoms with Crippen LogP contribution in [-0.2, 0) is 56.3 Å². The molecule has 2 aliphatic carbocycles. The molecule has 0 radical (unpaired) electrons. The molecule has 0 nitrogen and oxygen atoms in total. The van der Waals surface area contributed by atoms with E-state index in [1.54, 1.807) is 10.6 Å². The molecule has 0 saturated carbocycles. The molecule has 2 aliphatic rings. The summed E-state index contributed by atoms with van der Waals surface area (Å²) < 4.78 is 0. The third-order valence-electron chi connectivity index (χ3n) is 11.5. The molecule has 6 heteroatoms. The van der Waals surface area contributed by atoms with Crippen molar-refractivity contribution in [3.05, 3.63) is 192 Å². The van der Waals surface area contributed by atoms with Gasteiger partial charge in [0.15, 0.2) is 0 Å². The fourth-order valence-corrected chi connectivity index (χ4v) is 14.9. The zero-order chi connectivity index (χ0) is 43.6. The van der Waals surface area contributed by atoms with Gasteiger partial charge in [0, 0.05) is 0 Å². The van der Waals surface area contributed by atoms with Crippen LogP contribution in [0.3, 0.4) is 0 Å². The first kappa shape index (κ1) is 57.7. The molecule has 0 N–H and O–H groups in total. The molecule has 10 rings (SSSR count). The third kappa shape index (κ3) is 15.7. The van der Waals surface area contributed by atoms with Crippen LogP contribution in [0.25, 0.3) is 43.8 Å². The largest absolute Gasteiger partial charge is 2.00 e. The second-order valence-corrected chi connectivity index (χ2v) is 23.5. The van der Waals surface area contributed by atoms with Crippen LogP contribution in [-0.4, -0.2) is 24.6 Å². The molecule has 0 heterocycles. The normalized spacial score (nSPS) is 11.5. The topological polar surface area (TPSA) is 0 Å². The van der Waals surface area contributed by atoms with Crippen LogP contribution in [0.5, 0.6) is 0 Å². The monoisotopic (exact) mass is 1010 g/mol. The van der Waals surface area contributed by atoms with Crippen molar-refractivity contribution < 1.29 is 68.2 Å². The minimum atomic E-state index is 0. The van der Waals surface area contributed by atoms with E-state index in [0.717, 1.165) is 36.5 Å². The number of halogens is 2. The van der Waals surface area contributed by atoms with E-state index >= 15 is 0 Å². The molecule has 340 valence electrons. The Hall–Kier alpha value is -2.59. The first-order valence-electron chi connectivity index (χ1n) is 23.0. The molecule has 0 atom stereocenters. The van der Waals surface area contributed by atoms with E-state index in [4.69, 9.17) is 0 Å². The summed E-state index contributed by atoms with van der Waals surface area (Å²) in [4.78, 5) is 0. The smallest absolute Gasteiger partial charge is 1.00 e. The molecule has 0 aliphatic heterocycles. The fourth-order valence-electron chi connectivity index (χ4n) is 8.96. The first-order valence-corrected chi connectivity index (χ1v) is 26.4. The van der Waals surface area contributed by atoms with Crippen LogP contribution < -0.4 is 35.4 Å². The standard InChI is InChI=1S/2C17H24P.2C13H9.2ClH.2Ti/c2*1-13(2)11-18(12-14(3)4)17-9-15-7-5-6-8-16(15)10-17;2*1-3-7-12-10(5-1)9-11-6-2-4-8-13(11)12;;;;/h2*5-10,13-14H,11-12H2,1-4H3;2*1-5,7-8H,9H2;2*1H;;/q4*-1;;;2*+2/p-2. The van der Waals surface area contributed by atoms with Crippen molar-refractivity contribution in [1.82, 2.24) is 0 Å². The van der Waals surface area contributed by atoms with Gasteiger partial charge in [-0.05, 0) is 61.2 Å². The van der Waals surface area contributed by atoms with Crippen molar-refractivity contribution >= 4 is 48.0 Å². The predicted molar refractivity (Wildman–Crippen MR) is 278 cm³/mol. The second kappa shape index (κ2) is 28.2. The Kier molecular flexibility index (Phi) is 24.6. The average Bonchev–Trinajstić information content (AvgIpc) is 4.06. The summed E-state index contributed by atoms with van der Waals surface area (Å²) in [7, 11) is 0.0370. The summed E-state index contributed by atoms with van der Waals surface area (Å²) in [5, 5.41) is 8.85. The van der Waals surface area contributed by atoms with Gasteiger partial charge in [-0.15, -0.1) is 91.8 Å². The quantitative estimate of drug-likeness (QED) is 0.0728. The van der Waals surface area contributed by atoms with E-state index in [9.17, 15) is 0 Å². The molecule has 0 spiro atoms. The molecule has 0 bridgehead atoms. The van der Waals surface area contributed by atoms with Gasteiger partial charge in [-0.2, -0.15) is 71.8 Å². The van der Waals surface area contributed by atoms with E-state index in [-0.39, 0.29) is 84.1 Å². The Bertz CT molecular complexity index is 2300. The van der Waals surface area contributed by atoms with Crippen molar-refractivity contribution in [2.75, 3.05) is 24.6 Å². The summed E-state index contributed by atoms with van der Waals surface area (Å²) in [6.07, 6.45) is 7.56. The van der Waals surface area contributed by atoms with E-state index in [2.05, 4.69) is 213 Å². The van der Waals surface area contributed by atoms with Crippen molar-refractivity contribution in [2.24, 2.45) is 23.7 Å². The van der Waals surface area contributed by atoms with Gasteiger partial charge in [-0.25, -0.2) is 0 Å². The zero-order valence-electron chi connectivity index (χ0n) is 40.2. The van der Waals surface area contributed by atoms with Crippen LogP contribution >= 0.6 is 15.8 Å². The Morgan fingerprint density at radius 1 is 0.424 bits per heavy atom. The molecule has 8 aromatic carbocycles. The maximum atomic E-state index is 3.30. The number of fused-ring (bicyclic) bond motifs is 8. The predicted octanol–water partition coefficient (Wildman–Crippen LogP) is 10.1. The minimum absolute atomic E-state index is 0. The SMILES string of the molecule is CC(C)CP(CC(C)C)c1cc2ccccc2[cH-]1.CC(C)CP(CC(C)C)c1cc2ccccc2[cH-]1.[Cl-].[Cl-].[Ti+2].[Ti+2].[c-]1cccc2c1Cc1ccccc1-2.[c-]1cccc2c1Cc1ccccc1-2. The molecule has 0 fully saturated rings. The molecular weight excluding hydrogens is 949 g/mol. The molecule has 0 saturated heterocycles. The van der Waals surface area contributed by atoms with Crippen molar-refractivity contribution in [3.8, 4) is 22.3 Å². The van der Waals surface area contributed by atoms with Crippen LogP contribution in [0.4, 0.5) is 0 Å².